The zero-order valence-corrected chi connectivity index (χ0v) is 30.2. The number of aromatic hydroxyl groups is 1. The SMILES string of the molecule is C=C1C2C=C3C(=O)c4c(O)c5c(c(CC=C(C)C)c4OC34C(C2)C(C)(C)OC14C/C=C(/C)C(=O)OC)OC(C)(CCC(O)C(C)(C)O)C=C5. The summed E-state index contributed by atoms with van der Waals surface area (Å²) in [4.78, 5) is 27.3. The first-order chi connectivity index (χ1) is 22.7. The van der Waals surface area contributed by atoms with Crippen LogP contribution in [0.15, 0.2) is 53.2 Å². The zero-order valence-electron chi connectivity index (χ0n) is 30.2. The maximum Gasteiger partial charge on any atom is 0.333 e. The number of methoxy groups -OCH3 is 1. The molecule has 1 spiro atoms. The monoisotopic (exact) mass is 674 g/mol. The van der Waals surface area contributed by atoms with E-state index in [1.165, 1.54) is 7.11 Å². The smallest absolute Gasteiger partial charge is 0.333 e. The Morgan fingerprint density at radius 3 is 2.49 bits per heavy atom. The number of carbonyl (C=O) groups excluding carboxylic acids is 2. The summed E-state index contributed by atoms with van der Waals surface area (Å²) in [7, 11) is 1.34. The number of carbonyl (C=O) groups is 2. The van der Waals surface area contributed by atoms with Crippen LogP contribution in [-0.2, 0) is 20.7 Å². The number of benzene rings is 1. The molecular weight excluding hydrogens is 624 g/mol. The minimum atomic E-state index is -1.29. The fraction of sp³-hybridized carbons (Fsp3) is 0.550. The van der Waals surface area contributed by atoms with Gasteiger partial charge in [0.1, 0.15) is 34.0 Å². The van der Waals surface area contributed by atoms with Crippen molar-refractivity contribution in [1.29, 1.82) is 0 Å². The van der Waals surface area contributed by atoms with Crippen molar-refractivity contribution in [3.05, 3.63) is 69.9 Å². The molecular formula is C40H50O9. The van der Waals surface area contributed by atoms with Gasteiger partial charge in [0.2, 0.25) is 0 Å². The highest BCUT2D eigenvalue weighted by molar-refractivity contribution is 6.17. The van der Waals surface area contributed by atoms with Crippen molar-refractivity contribution in [1.82, 2.24) is 0 Å². The van der Waals surface area contributed by atoms with Crippen LogP contribution in [0, 0.1) is 11.8 Å². The highest BCUT2D eigenvalue weighted by Crippen LogP contribution is 2.71. The van der Waals surface area contributed by atoms with Crippen molar-refractivity contribution in [2.24, 2.45) is 11.8 Å². The van der Waals surface area contributed by atoms with E-state index in [0.717, 1.165) is 11.1 Å². The lowest BCUT2D eigenvalue weighted by molar-refractivity contribution is -0.136. The van der Waals surface area contributed by atoms with E-state index < -0.39 is 40.1 Å². The average molecular weight is 675 g/mol. The van der Waals surface area contributed by atoms with Gasteiger partial charge in [-0.2, -0.15) is 0 Å². The molecule has 9 heteroatoms. The Morgan fingerprint density at radius 2 is 1.86 bits per heavy atom. The van der Waals surface area contributed by atoms with E-state index in [-0.39, 0.29) is 47.5 Å². The molecule has 6 aliphatic rings. The van der Waals surface area contributed by atoms with E-state index in [9.17, 15) is 24.9 Å². The summed E-state index contributed by atoms with van der Waals surface area (Å²) in [5.41, 5.74) is -1.57. The van der Waals surface area contributed by atoms with Gasteiger partial charge in [0.15, 0.2) is 11.4 Å². The molecule has 1 aromatic carbocycles. The molecule has 1 saturated heterocycles. The van der Waals surface area contributed by atoms with Crippen molar-refractivity contribution < 1.29 is 43.9 Å². The van der Waals surface area contributed by atoms with Crippen LogP contribution in [0.5, 0.6) is 17.2 Å². The Kier molecular flexibility index (Phi) is 8.21. The van der Waals surface area contributed by atoms with Gasteiger partial charge < -0.3 is 34.3 Å². The molecule has 4 bridgehead atoms. The summed E-state index contributed by atoms with van der Waals surface area (Å²) >= 11 is 0. The molecule has 0 radical (unpaired) electrons. The zero-order chi connectivity index (χ0) is 36.1. The fourth-order valence-electron chi connectivity index (χ4n) is 8.62. The van der Waals surface area contributed by atoms with Crippen LogP contribution in [-0.4, -0.2) is 68.3 Å². The molecule has 9 nitrogen and oxygen atoms in total. The Balaban J connectivity index is 1.55. The maximum absolute atomic E-state index is 14.9. The molecule has 3 N–H and O–H groups in total. The molecule has 6 atom stereocenters. The van der Waals surface area contributed by atoms with E-state index in [1.54, 1.807) is 32.9 Å². The molecule has 0 aromatic heterocycles. The standard InChI is InChI=1S/C40H50O9/c1-21(2)11-12-26-33-25(14-16-38(9,47-33)17-15-29(41)36(5,6)45)31(42)30-32(43)27-19-24-20-28-37(7,8)49-39(23(24)4,40(27,28)48-34(26)30)18-13-22(3)35(44)46-10/h11,13-14,16,19,24,28-29,41-42,45H,4,12,15,17-18,20H2,1-3,5-10H3/b22-13-. The number of phenolic OH excluding ortho intramolecular Hbond substituents is 1. The Bertz CT molecular complexity index is 1760. The Morgan fingerprint density at radius 1 is 1.16 bits per heavy atom. The predicted octanol–water partition coefficient (Wildman–Crippen LogP) is 6.48. The second kappa shape index (κ2) is 11.4. The van der Waals surface area contributed by atoms with Gasteiger partial charge >= 0.3 is 5.97 Å². The van der Waals surface area contributed by atoms with Gasteiger partial charge in [0.05, 0.1) is 30.0 Å². The minimum Gasteiger partial charge on any atom is -0.506 e. The predicted molar refractivity (Wildman–Crippen MR) is 186 cm³/mol. The van der Waals surface area contributed by atoms with Crippen LogP contribution in [0.2, 0.25) is 0 Å². The van der Waals surface area contributed by atoms with Crippen molar-refractivity contribution in [2.45, 2.75) is 122 Å². The van der Waals surface area contributed by atoms with E-state index in [0.29, 0.717) is 47.3 Å². The van der Waals surface area contributed by atoms with E-state index in [2.05, 4.69) is 6.58 Å². The molecule has 264 valence electrons. The number of Topliss-reactive ketones (excluding diaryl/α,β-unsaturated/α-hetero) is 1. The molecule has 49 heavy (non-hydrogen) atoms. The molecule has 1 aromatic rings. The quantitative estimate of drug-likeness (QED) is 0.153. The highest BCUT2D eigenvalue weighted by Gasteiger charge is 2.79. The number of hydrogen-bond donors (Lipinski definition) is 3. The van der Waals surface area contributed by atoms with Crippen molar-refractivity contribution in [3.63, 3.8) is 0 Å². The summed E-state index contributed by atoms with van der Waals surface area (Å²) in [6.07, 6.45) is 10.3. The molecule has 6 unspecified atom stereocenters. The summed E-state index contributed by atoms with van der Waals surface area (Å²) < 4.78 is 26.0. The van der Waals surface area contributed by atoms with Crippen LogP contribution >= 0.6 is 0 Å². The second-order valence-corrected chi connectivity index (χ2v) is 16.0. The van der Waals surface area contributed by atoms with Crippen LogP contribution in [0.25, 0.3) is 6.08 Å². The number of allylic oxidation sites excluding steroid dienone is 3. The first-order valence-electron chi connectivity index (χ1n) is 17.2. The largest absolute Gasteiger partial charge is 0.506 e. The molecule has 3 aliphatic carbocycles. The summed E-state index contributed by atoms with van der Waals surface area (Å²) in [5, 5.41) is 32.8. The van der Waals surface area contributed by atoms with Gasteiger partial charge in [-0.3, -0.25) is 4.79 Å². The summed E-state index contributed by atoms with van der Waals surface area (Å²) in [6.45, 7) is 19.2. The molecule has 2 fully saturated rings. The fourth-order valence-corrected chi connectivity index (χ4v) is 8.62. The van der Waals surface area contributed by atoms with Crippen LogP contribution in [0.4, 0.5) is 0 Å². The number of phenols is 1. The third-order valence-corrected chi connectivity index (χ3v) is 11.4. The number of ether oxygens (including phenoxy) is 4. The second-order valence-electron chi connectivity index (χ2n) is 16.0. The molecule has 1 saturated carbocycles. The van der Waals surface area contributed by atoms with Gasteiger partial charge in [0, 0.05) is 35.0 Å². The van der Waals surface area contributed by atoms with Gasteiger partial charge in [-0.1, -0.05) is 30.4 Å². The highest BCUT2D eigenvalue weighted by atomic mass is 16.6. The van der Waals surface area contributed by atoms with Crippen molar-refractivity contribution >= 4 is 17.8 Å². The van der Waals surface area contributed by atoms with Crippen LogP contribution in [0.3, 0.4) is 0 Å². The lowest BCUT2D eigenvalue weighted by Crippen LogP contribution is -2.68. The maximum atomic E-state index is 14.9. The molecule has 7 rings (SSSR count). The molecule has 0 amide bonds. The van der Waals surface area contributed by atoms with E-state index in [1.807, 2.05) is 52.8 Å². The van der Waals surface area contributed by atoms with Gasteiger partial charge in [0.25, 0.3) is 0 Å². The third-order valence-electron chi connectivity index (χ3n) is 11.4. The normalized spacial score (nSPS) is 31.2. The van der Waals surface area contributed by atoms with Gasteiger partial charge in [-0.25, -0.2) is 4.79 Å². The third kappa shape index (κ3) is 5.14. The van der Waals surface area contributed by atoms with Crippen LogP contribution in [0.1, 0.15) is 103 Å². The van der Waals surface area contributed by atoms with Crippen molar-refractivity contribution in [3.8, 4) is 17.2 Å². The number of fused-ring (bicyclic) bond motifs is 2. The van der Waals surface area contributed by atoms with Crippen LogP contribution < -0.4 is 9.47 Å². The first-order valence-corrected chi connectivity index (χ1v) is 17.2. The summed E-state index contributed by atoms with van der Waals surface area (Å²) in [6, 6.07) is 0. The van der Waals surface area contributed by atoms with Crippen molar-refractivity contribution in [2.75, 3.05) is 7.11 Å². The Hall–Kier alpha value is -3.66. The molecule has 3 aliphatic heterocycles. The number of aliphatic hydroxyl groups is 2. The number of esters is 1. The van der Waals surface area contributed by atoms with Gasteiger partial charge in [-0.15, -0.1) is 0 Å². The Labute approximate surface area is 289 Å². The molecule has 3 heterocycles. The van der Waals surface area contributed by atoms with E-state index in [4.69, 9.17) is 18.9 Å². The lowest BCUT2D eigenvalue weighted by atomic mass is 9.50. The van der Waals surface area contributed by atoms with Gasteiger partial charge in [-0.05, 0) is 98.8 Å². The first kappa shape index (κ1) is 35.2. The topological polar surface area (TPSA) is 132 Å². The number of ketones is 1. The number of hydrogen-bond acceptors (Lipinski definition) is 9. The number of aliphatic hydroxyl groups excluding tert-OH is 1. The lowest BCUT2D eigenvalue weighted by Gasteiger charge is -2.58. The minimum absolute atomic E-state index is 0.0916. The van der Waals surface area contributed by atoms with E-state index >= 15 is 0 Å². The summed E-state index contributed by atoms with van der Waals surface area (Å²) in [5.74, 6) is -0.746. The number of rotatable bonds is 9. The average Bonchev–Trinajstić information content (AvgIpc) is 3.18.